The molecule has 100 valence electrons. The van der Waals surface area contributed by atoms with Gasteiger partial charge in [-0.1, -0.05) is 6.07 Å². The smallest absolute Gasteiger partial charge is 0.0909 e. The Labute approximate surface area is 109 Å². The molecule has 0 bridgehead atoms. The molecule has 0 spiro atoms. The summed E-state index contributed by atoms with van der Waals surface area (Å²) in [6.45, 7) is 8.69. The van der Waals surface area contributed by atoms with Crippen LogP contribution in [0.15, 0.2) is 18.3 Å². The Morgan fingerprint density at radius 2 is 2.28 bits per heavy atom. The molecule has 4 nitrogen and oxygen atoms in total. The van der Waals surface area contributed by atoms with Crippen LogP contribution in [0.4, 0.5) is 0 Å². The summed E-state index contributed by atoms with van der Waals surface area (Å²) in [5.74, 6) is 0. The van der Waals surface area contributed by atoms with Crippen LogP contribution in [-0.4, -0.2) is 41.7 Å². The van der Waals surface area contributed by atoms with E-state index in [4.69, 9.17) is 10.5 Å². The van der Waals surface area contributed by atoms with Gasteiger partial charge in [0.05, 0.1) is 24.4 Å². The van der Waals surface area contributed by atoms with Crippen LogP contribution in [0, 0.1) is 6.92 Å². The van der Waals surface area contributed by atoms with Gasteiger partial charge in [0.15, 0.2) is 0 Å². The quantitative estimate of drug-likeness (QED) is 0.882. The third-order valence-corrected chi connectivity index (χ3v) is 3.52. The first-order chi connectivity index (χ1) is 8.63. The van der Waals surface area contributed by atoms with Crippen LogP contribution in [-0.2, 0) is 4.74 Å². The molecule has 2 heterocycles. The SMILES string of the molecule is Cc1ccc(C2C(CN)OCCN2C(C)C)nc1. The number of nitrogens with zero attached hydrogens (tertiary/aromatic N) is 2. The number of ether oxygens (including phenoxy) is 1. The van der Waals surface area contributed by atoms with Crippen molar-refractivity contribution in [2.45, 2.75) is 39.0 Å². The molecule has 1 aromatic heterocycles. The van der Waals surface area contributed by atoms with E-state index in [1.165, 1.54) is 5.56 Å². The Morgan fingerprint density at radius 1 is 1.50 bits per heavy atom. The maximum atomic E-state index is 5.84. The predicted octanol–water partition coefficient (Wildman–Crippen LogP) is 1.50. The van der Waals surface area contributed by atoms with E-state index >= 15 is 0 Å². The van der Waals surface area contributed by atoms with Gasteiger partial charge in [-0.25, -0.2) is 0 Å². The topological polar surface area (TPSA) is 51.4 Å². The summed E-state index contributed by atoms with van der Waals surface area (Å²) in [6.07, 6.45) is 1.95. The molecule has 0 radical (unpaired) electrons. The van der Waals surface area contributed by atoms with Crippen molar-refractivity contribution in [3.05, 3.63) is 29.6 Å². The second-order valence-electron chi connectivity index (χ2n) is 5.18. The number of rotatable bonds is 3. The standard InChI is InChI=1S/C14H23N3O/c1-10(2)17-6-7-18-13(8-15)14(17)12-5-4-11(3)9-16-12/h4-5,9-10,13-14H,6-8,15H2,1-3H3. The fourth-order valence-corrected chi connectivity index (χ4v) is 2.54. The molecule has 2 unspecified atom stereocenters. The highest BCUT2D eigenvalue weighted by atomic mass is 16.5. The first kappa shape index (κ1) is 13.5. The van der Waals surface area contributed by atoms with Crippen LogP contribution < -0.4 is 5.73 Å². The van der Waals surface area contributed by atoms with Crippen LogP contribution in [0.3, 0.4) is 0 Å². The van der Waals surface area contributed by atoms with Gasteiger partial charge in [0.25, 0.3) is 0 Å². The van der Waals surface area contributed by atoms with Crippen molar-refractivity contribution in [3.8, 4) is 0 Å². The van der Waals surface area contributed by atoms with Crippen molar-refractivity contribution >= 4 is 0 Å². The second kappa shape index (κ2) is 5.78. The van der Waals surface area contributed by atoms with Crippen LogP contribution >= 0.6 is 0 Å². The normalized spacial score (nSPS) is 25.6. The zero-order chi connectivity index (χ0) is 13.1. The Balaban J connectivity index is 2.30. The zero-order valence-electron chi connectivity index (χ0n) is 11.5. The molecule has 1 aliphatic rings. The molecular weight excluding hydrogens is 226 g/mol. The maximum absolute atomic E-state index is 5.84. The van der Waals surface area contributed by atoms with Crippen LogP contribution in [0.5, 0.6) is 0 Å². The molecule has 2 atom stereocenters. The van der Waals surface area contributed by atoms with Gasteiger partial charge in [-0.15, -0.1) is 0 Å². The molecular formula is C14H23N3O. The fourth-order valence-electron chi connectivity index (χ4n) is 2.54. The molecule has 1 fully saturated rings. The minimum Gasteiger partial charge on any atom is -0.374 e. The molecule has 2 rings (SSSR count). The van der Waals surface area contributed by atoms with E-state index in [0.717, 1.165) is 18.8 Å². The summed E-state index contributed by atoms with van der Waals surface area (Å²) in [7, 11) is 0. The first-order valence-electron chi connectivity index (χ1n) is 6.63. The van der Waals surface area contributed by atoms with E-state index in [9.17, 15) is 0 Å². The summed E-state index contributed by atoms with van der Waals surface area (Å²) in [6, 6.07) is 4.83. The first-order valence-corrected chi connectivity index (χ1v) is 6.63. The van der Waals surface area contributed by atoms with E-state index < -0.39 is 0 Å². The van der Waals surface area contributed by atoms with Gasteiger partial charge in [0, 0.05) is 25.3 Å². The summed E-state index contributed by atoms with van der Waals surface area (Å²) < 4.78 is 5.80. The molecule has 0 aromatic carbocycles. The summed E-state index contributed by atoms with van der Waals surface area (Å²) in [5.41, 5.74) is 8.08. The highest BCUT2D eigenvalue weighted by molar-refractivity contribution is 5.17. The average molecular weight is 249 g/mol. The Morgan fingerprint density at radius 3 is 2.83 bits per heavy atom. The predicted molar refractivity (Wildman–Crippen MR) is 72.4 cm³/mol. The summed E-state index contributed by atoms with van der Waals surface area (Å²) >= 11 is 0. The van der Waals surface area contributed by atoms with Gasteiger partial charge in [-0.2, -0.15) is 0 Å². The number of hydrogen-bond donors (Lipinski definition) is 1. The van der Waals surface area contributed by atoms with Crippen molar-refractivity contribution in [2.24, 2.45) is 5.73 Å². The van der Waals surface area contributed by atoms with Crippen LogP contribution in [0.25, 0.3) is 0 Å². The van der Waals surface area contributed by atoms with E-state index in [0.29, 0.717) is 12.6 Å². The van der Waals surface area contributed by atoms with Crippen molar-refractivity contribution in [1.82, 2.24) is 9.88 Å². The van der Waals surface area contributed by atoms with Gasteiger partial charge in [0.1, 0.15) is 0 Å². The van der Waals surface area contributed by atoms with Gasteiger partial charge in [-0.3, -0.25) is 9.88 Å². The molecule has 1 aliphatic heterocycles. The number of pyridine rings is 1. The molecule has 18 heavy (non-hydrogen) atoms. The second-order valence-corrected chi connectivity index (χ2v) is 5.18. The van der Waals surface area contributed by atoms with Crippen molar-refractivity contribution in [1.29, 1.82) is 0 Å². The molecule has 1 saturated heterocycles. The largest absolute Gasteiger partial charge is 0.374 e. The minimum absolute atomic E-state index is 0.0383. The molecule has 0 aliphatic carbocycles. The van der Waals surface area contributed by atoms with E-state index in [1.54, 1.807) is 0 Å². The minimum atomic E-state index is 0.0383. The number of nitrogens with two attached hydrogens (primary N) is 1. The van der Waals surface area contributed by atoms with Gasteiger partial charge < -0.3 is 10.5 Å². The maximum Gasteiger partial charge on any atom is 0.0909 e. The fraction of sp³-hybridized carbons (Fsp3) is 0.643. The van der Waals surface area contributed by atoms with Crippen molar-refractivity contribution < 1.29 is 4.74 Å². The third-order valence-electron chi connectivity index (χ3n) is 3.52. The van der Waals surface area contributed by atoms with Crippen LogP contribution in [0.2, 0.25) is 0 Å². The lowest BCUT2D eigenvalue weighted by Crippen LogP contribution is -2.51. The van der Waals surface area contributed by atoms with E-state index in [1.807, 2.05) is 6.20 Å². The van der Waals surface area contributed by atoms with Gasteiger partial charge in [-0.05, 0) is 32.4 Å². The monoisotopic (exact) mass is 249 g/mol. The Hall–Kier alpha value is -0.970. The van der Waals surface area contributed by atoms with E-state index in [-0.39, 0.29) is 12.1 Å². The Bertz CT molecular complexity index is 377. The lowest BCUT2D eigenvalue weighted by atomic mass is 10.0. The van der Waals surface area contributed by atoms with Gasteiger partial charge >= 0.3 is 0 Å². The van der Waals surface area contributed by atoms with Crippen molar-refractivity contribution in [3.63, 3.8) is 0 Å². The molecule has 4 heteroatoms. The number of aryl methyl sites for hydroxylation is 1. The lowest BCUT2D eigenvalue weighted by molar-refractivity contribution is -0.0802. The lowest BCUT2D eigenvalue weighted by Gasteiger charge is -2.42. The Kier molecular flexibility index (Phi) is 4.32. The highest BCUT2D eigenvalue weighted by Crippen LogP contribution is 2.29. The number of hydrogen-bond acceptors (Lipinski definition) is 4. The van der Waals surface area contributed by atoms with Gasteiger partial charge in [0.2, 0.25) is 0 Å². The molecule has 0 saturated carbocycles. The third kappa shape index (κ3) is 2.71. The number of morpholine rings is 1. The summed E-state index contributed by atoms with van der Waals surface area (Å²) in [4.78, 5) is 6.98. The zero-order valence-corrected chi connectivity index (χ0v) is 11.5. The average Bonchev–Trinajstić information content (AvgIpc) is 2.38. The molecule has 2 N–H and O–H groups in total. The number of aromatic nitrogens is 1. The summed E-state index contributed by atoms with van der Waals surface area (Å²) in [5, 5.41) is 0. The molecule has 0 amide bonds. The van der Waals surface area contributed by atoms with Crippen LogP contribution in [0.1, 0.15) is 31.1 Å². The molecule has 1 aromatic rings. The van der Waals surface area contributed by atoms with Crippen molar-refractivity contribution in [2.75, 3.05) is 19.7 Å². The highest BCUT2D eigenvalue weighted by Gasteiger charge is 2.34. The van der Waals surface area contributed by atoms with E-state index in [2.05, 4.69) is 42.8 Å².